The smallest absolute Gasteiger partial charge is 0.146 e. The lowest BCUT2D eigenvalue weighted by Gasteiger charge is -2.25. The molecule has 4 heteroatoms. The fourth-order valence-corrected chi connectivity index (χ4v) is 2.66. The maximum absolute atomic E-state index is 14.1. The first-order chi connectivity index (χ1) is 11.4. The van der Waals surface area contributed by atoms with Crippen molar-refractivity contribution in [2.75, 3.05) is 11.9 Å². The molecule has 2 nitrogen and oxygen atoms in total. The van der Waals surface area contributed by atoms with E-state index < -0.39 is 0 Å². The molecule has 0 radical (unpaired) electrons. The van der Waals surface area contributed by atoms with Gasteiger partial charge in [0.05, 0.1) is 11.2 Å². The van der Waals surface area contributed by atoms with E-state index in [-0.39, 0.29) is 5.82 Å². The number of halogens is 1. The summed E-state index contributed by atoms with van der Waals surface area (Å²) in [4.78, 5) is 1.72. The number of para-hydroxylation sites is 1. The quantitative estimate of drug-likeness (QED) is 0.553. The highest BCUT2D eigenvalue weighted by Crippen LogP contribution is 2.29. The predicted octanol–water partition coefficient (Wildman–Crippen LogP) is 5.04. The van der Waals surface area contributed by atoms with Crippen LogP contribution in [0.4, 0.5) is 10.1 Å². The van der Waals surface area contributed by atoms with Crippen molar-refractivity contribution in [3.63, 3.8) is 0 Å². The van der Waals surface area contributed by atoms with Gasteiger partial charge in [-0.25, -0.2) is 4.39 Å². The Labute approximate surface area is 148 Å². The molecule has 0 aromatic heterocycles. The summed E-state index contributed by atoms with van der Waals surface area (Å²) in [7, 11) is 1.78. The number of thiocarbonyl (C=S) groups is 1. The number of anilines is 1. The molecule has 0 atom stereocenters. The minimum atomic E-state index is -0.300. The molecule has 0 bridgehead atoms. The summed E-state index contributed by atoms with van der Waals surface area (Å²) < 4.78 is 14.1. The van der Waals surface area contributed by atoms with Crippen LogP contribution in [0.3, 0.4) is 0 Å². The minimum Gasteiger partial charge on any atom is -0.353 e. The number of hydrogen-bond donors (Lipinski definition) is 1. The van der Waals surface area contributed by atoms with Crippen LogP contribution in [-0.2, 0) is 0 Å². The van der Waals surface area contributed by atoms with Gasteiger partial charge < -0.3 is 10.2 Å². The summed E-state index contributed by atoms with van der Waals surface area (Å²) in [5.74, 6) is -0.300. The van der Waals surface area contributed by atoms with Crippen molar-refractivity contribution in [1.82, 2.24) is 5.32 Å². The van der Waals surface area contributed by atoms with Crippen LogP contribution >= 0.6 is 12.2 Å². The molecule has 0 saturated carbocycles. The van der Waals surface area contributed by atoms with E-state index in [1.165, 1.54) is 17.1 Å². The zero-order chi connectivity index (χ0) is 17.7. The molecular weight excluding hydrogens is 319 g/mol. The summed E-state index contributed by atoms with van der Waals surface area (Å²) in [6, 6.07) is 6.60. The summed E-state index contributed by atoms with van der Waals surface area (Å²) >= 11 is 4.86. The summed E-state index contributed by atoms with van der Waals surface area (Å²) in [5, 5.41) is 2.93. The van der Waals surface area contributed by atoms with Crippen LogP contribution in [0, 0.1) is 5.82 Å². The Balaban J connectivity index is 2.34. The Morgan fingerprint density at radius 1 is 1.29 bits per heavy atom. The first-order valence-corrected chi connectivity index (χ1v) is 8.06. The van der Waals surface area contributed by atoms with Crippen LogP contribution in [0.25, 0.3) is 0 Å². The van der Waals surface area contributed by atoms with E-state index in [9.17, 15) is 4.39 Å². The third-order valence-corrected chi connectivity index (χ3v) is 4.00. The maximum atomic E-state index is 14.1. The van der Waals surface area contributed by atoms with E-state index in [2.05, 4.69) is 37.6 Å². The first kappa shape index (κ1) is 17.9. The number of hydrogen-bond acceptors (Lipinski definition) is 2. The van der Waals surface area contributed by atoms with Gasteiger partial charge in [-0.1, -0.05) is 55.2 Å². The van der Waals surface area contributed by atoms with Crippen molar-refractivity contribution >= 4 is 23.4 Å². The van der Waals surface area contributed by atoms with E-state index >= 15 is 0 Å². The van der Waals surface area contributed by atoms with Crippen LogP contribution in [0.5, 0.6) is 0 Å². The second kappa shape index (κ2) is 7.88. The van der Waals surface area contributed by atoms with E-state index in [1.54, 1.807) is 30.1 Å². The molecule has 1 aliphatic rings. The van der Waals surface area contributed by atoms with Crippen molar-refractivity contribution in [2.45, 2.75) is 13.3 Å². The van der Waals surface area contributed by atoms with E-state index in [4.69, 9.17) is 12.2 Å². The molecule has 0 saturated heterocycles. The normalized spacial score (nSPS) is 13.9. The van der Waals surface area contributed by atoms with Gasteiger partial charge in [-0.2, -0.15) is 0 Å². The average molecular weight is 340 g/mol. The molecule has 24 heavy (non-hydrogen) atoms. The molecule has 0 spiro atoms. The van der Waals surface area contributed by atoms with Crippen LogP contribution in [0.2, 0.25) is 0 Å². The fourth-order valence-electron chi connectivity index (χ4n) is 2.52. The van der Waals surface area contributed by atoms with Gasteiger partial charge in [-0.15, -0.1) is 0 Å². The lowest BCUT2D eigenvalue weighted by molar-refractivity contribution is 0.626. The molecular formula is C20H21FN2S. The van der Waals surface area contributed by atoms with E-state index in [0.717, 1.165) is 17.6 Å². The van der Waals surface area contributed by atoms with E-state index in [1.807, 2.05) is 6.08 Å². The Morgan fingerprint density at radius 2 is 2.00 bits per heavy atom. The summed E-state index contributed by atoms with van der Waals surface area (Å²) in [6.07, 6.45) is 7.05. The van der Waals surface area contributed by atoms with Gasteiger partial charge in [0.15, 0.2) is 0 Å². The zero-order valence-electron chi connectivity index (χ0n) is 14.0. The number of nitrogens with one attached hydrogen (secondary N) is 1. The molecule has 124 valence electrons. The van der Waals surface area contributed by atoms with Crippen LogP contribution in [-0.4, -0.2) is 12.5 Å². The van der Waals surface area contributed by atoms with Crippen molar-refractivity contribution < 1.29 is 4.39 Å². The second-order valence-electron chi connectivity index (χ2n) is 5.69. The average Bonchev–Trinajstić information content (AvgIpc) is 2.97. The van der Waals surface area contributed by atoms with Gasteiger partial charge in [0.25, 0.3) is 0 Å². The highest BCUT2D eigenvalue weighted by atomic mass is 32.1. The molecule has 2 rings (SSSR count). The van der Waals surface area contributed by atoms with Gasteiger partial charge >= 0.3 is 0 Å². The third-order valence-electron chi connectivity index (χ3n) is 3.88. The lowest BCUT2D eigenvalue weighted by atomic mass is 10.0. The lowest BCUT2D eigenvalue weighted by Crippen LogP contribution is -2.22. The molecule has 0 aliphatic heterocycles. The highest BCUT2D eigenvalue weighted by Gasteiger charge is 2.16. The molecule has 1 aliphatic carbocycles. The van der Waals surface area contributed by atoms with Gasteiger partial charge in [0.2, 0.25) is 0 Å². The van der Waals surface area contributed by atoms with E-state index in [0.29, 0.717) is 17.1 Å². The summed E-state index contributed by atoms with van der Waals surface area (Å²) in [5.41, 5.74) is 6.36. The Kier molecular flexibility index (Phi) is 5.88. The van der Waals surface area contributed by atoms with Crippen molar-refractivity contribution in [3.05, 3.63) is 89.6 Å². The first-order valence-electron chi connectivity index (χ1n) is 7.59. The highest BCUT2D eigenvalue weighted by molar-refractivity contribution is 7.78. The molecule has 1 aromatic carbocycles. The largest absolute Gasteiger partial charge is 0.353 e. The zero-order valence-corrected chi connectivity index (χ0v) is 14.8. The van der Waals surface area contributed by atoms with Crippen LogP contribution in [0.15, 0.2) is 83.8 Å². The topological polar surface area (TPSA) is 15.3 Å². The second-order valence-corrected chi connectivity index (χ2v) is 5.92. The maximum Gasteiger partial charge on any atom is 0.146 e. The molecule has 0 unspecified atom stereocenters. The third kappa shape index (κ3) is 4.09. The van der Waals surface area contributed by atoms with Crippen molar-refractivity contribution in [2.24, 2.45) is 0 Å². The van der Waals surface area contributed by atoms with Crippen molar-refractivity contribution in [3.8, 4) is 0 Å². The molecule has 1 aromatic rings. The molecule has 1 N–H and O–H groups in total. The Morgan fingerprint density at radius 3 is 2.58 bits per heavy atom. The SMILES string of the molecule is C=C(NC=S)/C(=C\C1=CC=C(C)C1)C(=C)N(C)c1ccccc1F. The van der Waals surface area contributed by atoms with Gasteiger partial charge in [-0.3, -0.25) is 0 Å². The predicted molar refractivity (Wildman–Crippen MR) is 104 cm³/mol. The van der Waals surface area contributed by atoms with Gasteiger partial charge in [-0.05, 0) is 37.1 Å². The number of nitrogens with zero attached hydrogens (tertiary/aromatic N) is 1. The molecule has 0 fully saturated rings. The van der Waals surface area contributed by atoms with Gasteiger partial charge in [0, 0.05) is 24.0 Å². The number of allylic oxidation sites excluding steroid dienone is 5. The monoisotopic (exact) mass is 340 g/mol. The Hall–Kier alpha value is -2.46. The minimum absolute atomic E-state index is 0.300. The summed E-state index contributed by atoms with van der Waals surface area (Å²) in [6.45, 7) is 10.2. The van der Waals surface area contributed by atoms with Crippen LogP contribution < -0.4 is 10.2 Å². The number of benzene rings is 1. The Bertz CT molecular complexity index is 772. The molecule has 0 heterocycles. The number of rotatable bonds is 7. The molecule has 0 amide bonds. The van der Waals surface area contributed by atoms with Gasteiger partial charge in [0.1, 0.15) is 5.82 Å². The van der Waals surface area contributed by atoms with Crippen molar-refractivity contribution in [1.29, 1.82) is 0 Å². The standard InChI is InChI=1S/C20H21FN2S/c1-14-9-10-17(11-14)12-18(15(2)22-13-24)16(3)23(4)20-8-6-5-7-19(20)21/h5-10,12-13H,2-3,11H2,1,4H3,(H,22,24)/b18-12+. The fraction of sp³-hybridized carbons (Fsp3) is 0.150. The van der Waals surface area contributed by atoms with Crippen LogP contribution in [0.1, 0.15) is 13.3 Å². The number of likely N-dealkylation sites (N-methyl/N-ethyl adjacent to an activating group) is 1.